The first kappa shape index (κ1) is 72.4. The number of nitrogens with zero attached hydrogens (tertiary/aromatic N) is 8. The Bertz CT molecular complexity index is 4490. The van der Waals surface area contributed by atoms with Crippen molar-refractivity contribution in [1.82, 2.24) is 49.6 Å². The molecule has 1 unspecified atom stereocenters. The van der Waals surface area contributed by atoms with Crippen LogP contribution in [-0.2, 0) is 48.6 Å². The van der Waals surface area contributed by atoms with Crippen LogP contribution in [0.4, 0.5) is 5.69 Å². The monoisotopic (exact) mass is 1370 g/mol. The minimum absolute atomic E-state index is 0.0339. The number of carbonyl (C=O) groups excluding carboxylic acids is 6. The third-order valence-electron chi connectivity index (χ3n) is 18.2. The number of nitrogens with one attached hydrogen (secondary N) is 3. The molecule has 0 saturated carbocycles. The second-order valence-corrected chi connectivity index (χ2v) is 27.3. The number of fused-ring (bicyclic) bond motifs is 2. The number of aliphatic hydroxyl groups excluding tert-OH is 1. The lowest BCUT2D eigenvalue weighted by Gasteiger charge is -2.35. The van der Waals surface area contributed by atoms with Gasteiger partial charge in [0.2, 0.25) is 39.0 Å². The molecule has 0 bridgehead atoms. The zero-order chi connectivity index (χ0) is 71.0. The van der Waals surface area contributed by atoms with E-state index in [0.29, 0.717) is 39.2 Å². The van der Waals surface area contributed by atoms with Crippen LogP contribution in [0.1, 0.15) is 104 Å². The first-order valence-electron chi connectivity index (χ1n) is 34.2. The van der Waals surface area contributed by atoms with Crippen LogP contribution in [0.25, 0.3) is 33.4 Å². The summed E-state index contributed by atoms with van der Waals surface area (Å²) in [6.07, 6.45) is -0.0775. The van der Waals surface area contributed by atoms with E-state index in [0.717, 1.165) is 59.3 Å². The number of phenols is 1. The number of aromatic hydroxyl groups is 1. The molecule has 6 aromatic carbocycles. The Morgan fingerprint density at radius 3 is 1.99 bits per heavy atom. The normalized spacial score (nSPS) is 13.4. The predicted molar refractivity (Wildman–Crippen MR) is 384 cm³/mol. The first-order valence-corrected chi connectivity index (χ1v) is 35.6. The maximum Gasteiger partial charge on any atom is 0.254 e. The summed E-state index contributed by atoms with van der Waals surface area (Å²) in [5.74, 6) is -1.92. The van der Waals surface area contributed by atoms with Gasteiger partial charge >= 0.3 is 0 Å². The Morgan fingerprint density at radius 1 is 0.670 bits per heavy atom. The summed E-state index contributed by atoms with van der Waals surface area (Å²) in [6.45, 7) is 15.7. The molecule has 0 spiro atoms. The topological polar surface area (TPSA) is 273 Å². The number of rotatable bonds is 30. The van der Waals surface area contributed by atoms with E-state index in [1.807, 2.05) is 44.2 Å². The van der Waals surface area contributed by atoms with Crippen molar-refractivity contribution in [3.8, 4) is 28.2 Å². The van der Waals surface area contributed by atoms with Gasteiger partial charge in [0.25, 0.3) is 5.91 Å². The van der Waals surface area contributed by atoms with Crippen molar-refractivity contribution in [1.29, 1.82) is 0 Å². The van der Waals surface area contributed by atoms with Gasteiger partial charge in [0, 0.05) is 123 Å². The van der Waals surface area contributed by atoms with E-state index in [-0.39, 0.29) is 111 Å². The minimum Gasteiger partial charge on any atom is -0.508 e. The molecule has 3 atom stereocenters. The van der Waals surface area contributed by atoms with Crippen LogP contribution in [-0.4, -0.2) is 167 Å². The van der Waals surface area contributed by atoms with E-state index < -0.39 is 52.5 Å². The number of hydrogen-bond donors (Lipinski definition) is 5. The molecule has 2 aliphatic heterocycles. The van der Waals surface area contributed by atoms with Gasteiger partial charge in [-0.05, 0) is 105 Å². The van der Waals surface area contributed by atoms with Gasteiger partial charge in [0.15, 0.2) is 5.78 Å². The van der Waals surface area contributed by atoms with Gasteiger partial charge in [-0.2, -0.15) is 4.31 Å². The standard InChI is InChI=1S/C77H87N11O11S/c1-7-83(8-2)58-31-35-64-69(45-58)99-70-46-59(84(9-3)10-4)32-36-65(70)74(64)62-23-17-18-24-63(62)77(96)86-41-39-85(40-42-86)73(93)38-37-71(91)78-48-72(92)80-66(43-53-25-29-56(30-26-53)75(94)55-19-13-11-14-20-55)76(95)79-47-57-50-88(82-81-57)67(44-54-27-33-60(89)34-28-54)68(90)51-87(49-52(5)6)100(97,98)61-21-15-12-16-22-61/h11-36,45-46,50,52,66-68,90H,7-10,37-44,47-49,51H2,1-6H3,(H3-,78,79,80,89,91,92,95)/p+1/t66-,67-,68?/m0/s1. The molecule has 1 fully saturated rings. The van der Waals surface area contributed by atoms with Crippen LogP contribution >= 0.6 is 0 Å². The Labute approximate surface area is 583 Å². The molecule has 1 aromatic heterocycles. The number of amides is 5. The number of carbonyl (C=O) groups is 6. The van der Waals surface area contributed by atoms with Crippen LogP contribution in [0.5, 0.6) is 5.75 Å². The number of hydrogen-bond acceptors (Lipinski definition) is 14. The lowest BCUT2D eigenvalue weighted by Crippen LogP contribution is -2.51. The second-order valence-electron chi connectivity index (χ2n) is 25.3. The fourth-order valence-corrected chi connectivity index (χ4v) is 14.4. The Morgan fingerprint density at radius 2 is 1.31 bits per heavy atom. The summed E-state index contributed by atoms with van der Waals surface area (Å²) in [6, 6.07) is 47.8. The number of sulfonamides is 1. The summed E-state index contributed by atoms with van der Waals surface area (Å²) < 4.78 is 39.7. The van der Waals surface area contributed by atoms with Crippen molar-refractivity contribution in [2.24, 2.45) is 5.92 Å². The molecular formula is C77H88N11O11S+. The highest BCUT2D eigenvalue weighted by Crippen LogP contribution is 2.42. The molecule has 3 aliphatic rings. The molecule has 100 heavy (non-hydrogen) atoms. The highest BCUT2D eigenvalue weighted by molar-refractivity contribution is 7.89. The third-order valence-corrected chi connectivity index (χ3v) is 20.0. The average Bonchev–Trinajstić information content (AvgIpc) is 0.836. The molecule has 3 heterocycles. The number of piperazine rings is 1. The minimum atomic E-state index is -4.05. The number of phenolic OH excluding ortho intramolecular Hbond substituents is 1. The van der Waals surface area contributed by atoms with Gasteiger partial charge in [-0.25, -0.2) is 17.7 Å². The highest BCUT2D eigenvalue weighted by atomic mass is 32.2. The van der Waals surface area contributed by atoms with Crippen molar-refractivity contribution in [3.05, 3.63) is 215 Å². The maximum absolute atomic E-state index is 14.7. The number of benzene rings is 7. The van der Waals surface area contributed by atoms with E-state index >= 15 is 0 Å². The Balaban J connectivity index is 0.776. The van der Waals surface area contributed by atoms with Gasteiger partial charge in [0.1, 0.15) is 41.9 Å². The highest BCUT2D eigenvalue weighted by Gasteiger charge is 2.34. The van der Waals surface area contributed by atoms with Crippen molar-refractivity contribution < 1.29 is 51.8 Å². The number of anilines is 1. The molecule has 7 aromatic rings. The lowest BCUT2D eigenvalue weighted by atomic mass is 9.90. The molecule has 0 radical (unpaired) electrons. The zero-order valence-electron chi connectivity index (χ0n) is 57.4. The second kappa shape index (κ2) is 33.5. The van der Waals surface area contributed by atoms with Crippen LogP contribution in [0, 0.1) is 5.92 Å². The summed E-state index contributed by atoms with van der Waals surface area (Å²) in [7, 11) is -4.05. The van der Waals surface area contributed by atoms with Crippen molar-refractivity contribution in [3.63, 3.8) is 0 Å². The molecule has 5 amide bonds. The van der Waals surface area contributed by atoms with Gasteiger partial charge in [-0.3, -0.25) is 28.8 Å². The molecule has 10 rings (SSSR count). The van der Waals surface area contributed by atoms with Crippen molar-refractivity contribution in [2.45, 2.75) is 96.9 Å². The van der Waals surface area contributed by atoms with Gasteiger partial charge in [-0.15, -0.1) is 5.10 Å². The predicted octanol–water partition coefficient (Wildman–Crippen LogP) is 8.11. The van der Waals surface area contributed by atoms with Crippen LogP contribution in [0.3, 0.4) is 0 Å². The lowest BCUT2D eigenvalue weighted by molar-refractivity contribution is -0.135. The molecule has 23 heteroatoms. The van der Waals surface area contributed by atoms with E-state index in [1.165, 1.54) is 39.4 Å². The smallest absolute Gasteiger partial charge is 0.254 e. The quantitative estimate of drug-likeness (QED) is 0.0162. The summed E-state index contributed by atoms with van der Waals surface area (Å²) in [5.41, 5.74) is 7.26. The van der Waals surface area contributed by atoms with Crippen molar-refractivity contribution >= 4 is 62.0 Å². The molecular weight excluding hydrogens is 1290 g/mol. The van der Waals surface area contributed by atoms with E-state index in [4.69, 9.17) is 4.42 Å². The Hall–Kier alpha value is -10.4. The fraction of sp³-hybridized carbons (Fsp3) is 0.338. The molecule has 1 aliphatic carbocycles. The Kier molecular flexibility index (Phi) is 24.2. The van der Waals surface area contributed by atoms with Crippen LogP contribution < -0.4 is 30.8 Å². The zero-order valence-corrected chi connectivity index (χ0v) is 58.2. The van der Waals surface area contributed by atoms with Gasteiger partial charge < -0.3 is 45.3 Å². The summed E-state index contributed by atoms with van der Waals surface area (Å²) in [4.78, 5) is 88.8. The average molecular weight is 1380 g/mol. The fourth-order valence-electron chi connectivity index (χ4n) is 12.7. The van der Waals surface area contributed by atoms with Crippen molar-refractivity contribution in [2.75, 3.05) is 76.9 Å². The van der Waals surface area contributed by atoms with Gasteiger partial charge in [0.05, 0.1) is 42.4 Å². The summed E-state index contributed by atoms with van der Waals surface area (Å²) >= 11 is 0. The maximum atomic E-state index is 14.7. The molecule has 5 N–H and O–H groups in total. The SMILES string of the molecule is CCN(CC)c1ccc2c(-c3ccccc3C(=O)N3CCN(C(=O)CCC(=O)NCC(=O)N[C@@H](Cc4ccc(C(=O)c5ccccc5)cc4)C(=O)NCc4cn([C@@H](Cc5ccc(O)cc5)C(O)CN(CC(C)C)S(=O)(=O)c5ccccc5)nn4)CC3)c3ccc(=[N+](CC)CC)cc-3oc2c1. The van der Waals surface area contributed by atoms with E-state index in [1.54, 1.807) is 88.7 Å². The van der Waals surface area contributed by atoms with E-state index in [9.17, 15) is 47.4 Å². The summed E-state index contributed by atoms with van der Waals surface area (Å²) in [5, 5.41) is 40.8. The van der Waals surface area contributed by atoms with Crippen LogP contribution in [0.15, 0.2) is 185 Å². The van der Waals surface area contributed by atoms with E-state index in [2.05, 4.69) is 99.8 Å². The van der Waals surface area contributed by atoms with Gasteiger partial charge in [-0.1, -0.05) is 122 Å². The molecule has 1 saturated heterocycles. The third kappa shape index (κ3) is 17.7. The molecule has 22 nitrogen and oxygen atoms in total. The van der Waals surface area contributed by atoms with Crippen LogP contribution in [0.2, 0.25) is 0 Å². The largest absolute Gasteiger partial charge is 0.508 e. The molecule has 522 valence electrons. The number of aromatic nitrogens is 3. The number of aliphatic hydroxyl groups is 1. The first-order chi connectivity index (χ1) is 48.2. The number of ketones is 1.